The van der Waals surface area contributed by atoms with E-state index in [0.717, 1.165) is 31.4 Å². The van der Waals surface area contributed by atoms with Crippen LogP contribution in [0.4, 0.5) is 0 Å². The molecule has 1 aliphatic carbocycles. The first-order chi connectivity index (χ1) is 12.1. The summed E-state index contributed by atoms with van der Waals surface area (Å²) in [5, 5.41) is 0. The van der Waals surface area contributed by atoms with Gasteiger partial charge in [0.05, 0.1) is 7.11 Å². The van der Waals surface area contributed by atoms with Gasteiger partial charge in [0.25, 0.3) is 0 Å². The first-order valence-electron chi connectivity index (χ1n) is 8.75. The lowest BCUT2D eigenvalue weighted by Gasteiger charge is -2.18. The SMILES string of the molecule is CCCC1=CCCc2cc(OCc3cc(C(=O)OC)c(C)o3)ccc21. The Morgan fingerprint density at radius 3 is 2.88 bits per heavy atom. The lowest BCUT2D eigenvalue weighted by Crippen LogP contribution is -2.02. The molecule has 0 radical (unpaired) electrons. The van der Waals surface area contributed by atoms with E-state index in [1.54, 1.807) is 13.0 Å². The first-order valence-corrected chi connectivity index (χ1v) is 8.75. The molecule has 0 unspecified atom stereocenters. The maximum atomic E-state index is 11.6. The van der Waals surface area contributed by atoms with Gasteiger partial charge in [0.1, 0.15) is 29.4 Å². The second-order valence-electron chi connectivity index (χ2n) is 6.30. The minimum atomic E-state index is -0.392. The summed E-state index contributed by atoms with van der Waals surface area (Å²) >= 11 is 0. The number of carbonyl (C=O) groups excluding carboxylic acids is 1. The maximum absolute atomic E-state index is 11.6. The van der Waals surface area contributed by atoms with Gasteiger partial charge >= 0.3 is 5.97 Å². The topological polar surface area (TPSA) is 48.7 Å². The quantitative estimate of drug-likeness (QED) is 0.688. The summed E-state index contributed by atoms with van der Waals surface area (Å²) < 4.78 is 16.2. The Morgan fingerprint density at radius 1 is 1.28 bits per heavy atom. The number of hydrogen-bond acceptors (Lipinski definition) is 4. The van der Waals surface area contributed by atoms with Crippen molar-refractivity contribution in [2.24, 2.45) is 0 Å². The van der Waals surface area contributed by atoms with E-state index >= 15 is 0 Å². The summed E-state index contributed by atoms with van der Waals surface area (Å²) in [4.78, 5) is 11.6. The molecule has 1 heterocycles. The van der Waals surface area contributed by atoms with E-state index in [9.17, 15) is 4.79 Å². The Morgan fingerprint density at radius 2 is 2.12 bits per heavy atom. The number of methoxy groups -OCH3 is 1. The number of aryl methyl sites for hydroxylation is 2. The third kappa shape index (κ3) is 3.78. The molecule has 3 rings (SSSR count). The van der Waals surface area contributed by atoms with E-state index in [4.69, 9.17) is 13.9 Å². The van der Waals surface area contributed by atoms with Crippen molar-refractivity contribution in [3.63, 3.8) is 0 Å². The van der Waals surface area contributed by atoms with Crippen molar-refractivity contribution in [3.05, 3.63) is 58.6 Å². The Bertz CT molecular complexity index is 798. The number of furan rings is 1. The van der Waals surface area contributed by atoms with E-state index in [1.807, 2.05) is 6.07 Å². The van der Waals surface area contributed by atoms with Crippen LogP contribution in [0.3, 0.4) is 0 Å². The zero-order valence-electron chi connectivity index (χ0n) is 15.1. The van der Waals surface area contributed by atoms with Crippen LogP contribution in [0.25, 0.3) is 5.57 Å². The highest BCUT2D eigenvalue weighted by Crippen LogP contribution is 2.32. The largest absolute Gasteiger partial charge is 0.486 e. The van der Waals surface area contributed by atoms with Crippen LogP contribution < -0.4 is 4.74 Å². The molecule has 132 valence electrons. The lowest BCUT2D eigenvalue weighted by atomic mass is 9.88. The van der Waals surface area contributed by atoms with Crippen LogP contribution in [0.2, 0.25) is 0 Å². The normalized spacial score (nSPS) is 13.2. The predicted molar refractivity (Wildman–Crippen MR) is 96.8 cm³/mol. The fourth-order valence-electron chi connectivity index (χ4n) is 3.28. The number of esters is 1. The van der Waals surface area contributed by atoms with Gasteiger partial charge in [-0.1, -0.05) is 25.5 Å². The number of rotatable bonds is 6. The van der Waals surface area contributed by atoms with Gasteiger partial charge in [-0.2, -0.15) is 0 Å². The van der Waals surface area contributed by atoms with Crippen molar-refractivity contribution in [1.29, 1.82) is 0 Å². The lowest BCUT2D eigenvalue weighted by molar-refractivity contribution is 0.0599. The number of fused-ring (bicyclic) bond motifs is 1. The van der Waals surface area contributed by atoms with Gasteiger partial charge in [0, 0.05) is 0 Å². The summed E-state index contributed by atoms with van der Waals surface area (Å²) in [6.07, 6.45) is 6.77. The zero-order valence-corrected chi connectivity index (χ0v) is 15.1. The summed E-state index contributed by atoms with van der Waals surface area (Å²) in [7, 11) is 1.36. The number of allylic oxidation sites excluding steroid dienone is 2. The van der Waals surface area contributed by atoms with E-state index in [1.165, 1.54) is 23.8 Å². The van der Waals surface area contributed by atoms with Gasteiger partial charge in [-0.05, 0) is 61.1 Å². The molecule has 25 heavy (non-hydrogen) atoms. The summed E-state index contributed by atoms with van der Waals surface area (Å²) in [5.41, 5.74) is 4.58. The molecular weight excluding hydrogens is 316 g/mol. The summed E-state index contributed by atoms with van der Waals surface area (Å²) in [6, 6.07) is 7.96. The van der Waals surface area contributed by atoms with Gasteiger partial charge < -0.3 is 13.9 Å². The summed E-state index contributed by atoms with van der Waals surface area (Å²) in [5.74, 6) is 1.59. The van der Waals surface area contributed by atoms with Crippen LogP contribution in [0.15, 0.2) is 34.8 Å². The highest BCUT2D eigenvalue weighted by molar-refractivity contribution is 5.90. The second-order valence-corrected chi connectivity index (χ2v) is 6.30. The van der Waals surface area contributed by atoms with E-state index in [2.05, 4.69) is 25.1 Å². The number of carbonyl (C=O) groups is 1. The average molecular weight is 340 g/mol. The van der Waals surface area contributed by atoms with Crippen molar-refractivity contribution >= 4 is 11.5 Å². The van der Waals surface area contributed by atoms with Gasteiger partial charge in [0.15, 0.2) is 0 Å². The molecule has 4 heteroatoms. The Hall–Kier alpha value is -2.49. The molecular formula is C21H24O4. The molecule has 1 aliphatic rings. The van der Waals surface area contributed by atoms with Crippen molar-refractivity contribution in [2.75, 3.05) is 7.11 Å². The monoisotopic (exact) mass is 340 g/mol. The predicted octanol–water partition coefficient (Wildman–Crippen LogP) is 5.08. The van der Waals surface area contributed by atoms with Gasteiger partial charge in [0.2, 0.25) is 0 Å². The van der Waals surface area contributed by atoms with E-state index in [-0.39, 0.29) is 6.61 Å². The van der Waals surface area contributed by atoms with Crippen LogP contribution >= 0.6 is 0 Å². The van der Waals surface area contributed by atoms with Crippen LogP contribution in [-0.2, 0) is 17.8 Å². The van der Waals surface area contributed by atoms with Gasteiger partial charge in [-0.3, -0.25) is 0 Å². The molecule has 0 bridgehead atoms. The minimum Gasteiger partial charge on any atom is -0.486 e. The minimum absolute atomic E-state index is 0.286. The molecule has 0 amide bonds. The van der Waals surface area contributed by atoms with E-state index in [0.29, 0.717) is 17.1 Å². The van der Waals surface area contributed by atoms with Crippen molar-refractivity contribution in [3.8, 4) is 5.75 Å². The number of benzene rings is 1. The fraction of sp³-hybridized carbons (Fsp3) is 0.381. The molecule has 1 aromatic heterocycles. The molecule has 0 fully saturated rings. The fourth-order valence-corrected chi connectivity index (χ4v) is 3.28. The van der Waals surface area contributed by atoms with Crippen molar-refractivity contribution in [1.82, 2.24) is 0 Å². The number of ether oxygens (including phenoxy) is 2. The molecule has 1 aromatic carbocycles. The highest BCUT2D eigenvalue weighted by Gasteiger charge is 2.16. The molecule has 0 saturated heterocycles. The molecule has 4 nitrogen and oxygen atoms in total. The van der Waals surface area contributed by atoms with Crippen LogP contribution in [-0.4, -0.2) is 13.1 Å². The van der Waals surface area contributed by atoms with E-state index < -0.39 is 5.97 Å². The van der Waals surface area contributed by atoms with Gasteiger partial charge in [-0.25, -0.2) is 4.79 Å². The second kappa shape index (κ2) is 7.60. The maximum Gasteiger partial charge on any atom is 0.341 e. The molecule has 0 spiro atoms. The standard InChI is InChI=1S/C21H24O4/c1-4-6-15-7-5-8-16-11-17(9-10-19(15)16)24-13-18-12-20(14(2)25-18)21(22)23-3/h7,9-12H,4-6,8,13H2,1-3H3. The molecule has 0 aliphatic heterocycles. The Kier molecular flexibility index (Phi) is 5.27. The third-order valence-corrected chi connectivity index (χ3v) is 4.50. The zero-order chi connectivity index (χ0) is 17.8. The average Bonchev–Trinajstić information content (AvgIpc) is 3.00. The summed E-state index contributed by atoms with van der Waals surface area (Å²) in [6.45, 7) is 4.24. The smallest absolute Gasteiger partial charge is 0.341 e. The van der Waals surface area contributed by atoms with Crippen LogP contribution in [0.1, 0.15) is 59.2 Å². The Labute approximate surface area is 148 Å². The van der Waals surface area contributed by atoms with Crippen LogP contribution in [0, 0.1) is 6.92 Å². The number of hydrogen-bond donors (Lipinski definition) is 0. The first kappa shape index (κ1) is 17.3. The molecule has 0 atom stereocenters. The third-order valence-electron chi connectivity index (χ3n) is 4.50. The van der Waals surface area contributed by atoms with Gasteiger partial charge in [-0.15, -0.1) is 0 Å². The van der Waals surface area contributed by atoms with Crippen molar-refractivity contribution in [2.45, 2.75) is 46.1 Å². The van der Waals surface area contributed by atoms with Crippen molar-refractivity contribution < 1.29 is 18.7 Å². The molecule has 2 aromatic rings. The molecule has 0 saturated carbocycles. The molecule has 0 N–H and O–H groups in total. The highest BCUT2D eigenvalue weighted by atomic mass is 16.5. The van der Waals surface area contributed by atoms with Crippen LogP contribution in [0.5, 0.6) is 5.75 Å². The Balaban J connectivity index is 1.71.